The van der Waals surface area contributed by atoms with Gasteiger partial charge < -0.3 is 20.1 Å². The van der Waals surface area contributed by atoms with Crippen molar-refractivity contribution >= 4 is 56.1 Å². The molecule has 0 spiro atoms. The molecule has 5 fully saturated rings. The number of piperidine rings is 2. The van der Waals surface area contributed by atoms with E-state index in [0.717, 1.165) is 85.3 Å². The van der Waals surface area contributed by atoms with E-state index in [1.54, 1.807) is 29.6 Å². The van der Waals surface area contributed by atoms with E-state index in [9.17, 15) is 32.0 Å². The highest BCUT2D eigenvalue weighted by molar-refractivity contribution is 7.90. The lowest BCUT2D eigenvalue weighted by Crippen LogP contribution is -2.52. The molecule has 5 aliphatic heterocycles. The molecular formula is C47H47F3N10O6S. The number of hydrogen-bond donors (Lipinski definition) is 4. The van der Waals surface area contributed by atoms with Gasteiger partial charge in [0.15, 0.2) is 5.82 Å². The van der Waals surface area contributed by atoms with E-state index in [2.05, 4.69) is 31.6 Å². The van der Waals surface area contributed by atoms with Crippen molar-refractivity contribution in [3.63, 3.8) is 0 Å². The van der Waals surface area contributed by atoms with Crippen LogP contribution in [0.5, 0.6) is 0 Å². The van der Waals surface area contributed by atoms with Gasteiger partial charge in [-0.15, -0.1) is 0 Å². The minimum atomic E-state index is -4.37. The van der Waals surface area contributed by atoms with Gasteiger partial charge in [-0.25, -0.2) is 28.1 Å². The number of H-pyrrole nitrogens is 1. The van der Waals surface area contributed by atoms with Crippen LogP contribution in [0.4, 0.5) is 24.5 Å². The summed E-state index contributed by atoms with van der Waals surface area (Å²) in [7, 11) is -4.37. The number of ketones is 1. The Kier molecular flexibility index (Phi) is 10.7. The van der Waals surface area contributed by atoms with Gasteiger partial charge in [0.05, 0.1) is 11.3 Å². The van der Waals surface area contributed by atoms with Crippen LogP contribution >= 0.6 is 0 Å². The van der Waals surface area contributed by atoms with Gasteiger partial charge >= 0.3 is 10.2 Å². The molecule has 1 aliphatic carbocycles. The van der Waals surface area contributed by atoms with Gasteiger partial charge in [-0.1, -0.05) is 0 Å². The minimum Gasteiger partial charge on any atom is -0.371 e. The van der Waals surface area contributed by atoms with E-state index in [1.165, 1.54) is 6.20 Å². The standard InChI is InChI=1S/C47H47F3N10O6S/c48-30-8-12-59(24-30)67(65,66)57-37-4-3-36(49)40(41(37)50)42(62)35-20-53-43-34(35)15-26(17-52-43)28-18-54-46(55-19-28)47(9-10-47)29-7-11-51-31(16-29)13-25-21-58(22-25)32-1-2-33-27(14-32)23-60(45(33)64)38-5-6-39(61)56-44(38)63/h1-4,14-15,17-20,25,29-31,38,51,57H,5-13,16,21-24H2,(H,52,53)(H,56,61,63)/t29?,30-,31?,38?/m1/s1. The van der Waals surface area contributed by atoms with Crippen LogP contribution in [-0.4, -0.2) is 112 Å². The molecule has 3 unspecified atom stereocenters. The average molecular weight is 937 g/mol. The Labute approximate surface area is 383 Å². The van der Waals surface area contributed by atoms with Crippen LogP contribution in [0.3, 0.4) is 0 Å². The summed E-state index contributed by atoms with van der Waals surface area (Å²) >= 11 is 0. The molecule has 4 atom stereocenters. The molecule has 348 valence electrons. The molecule has 4 N–H and O–H groups in total. The van der Waals surface area contributed by atoms with Crippen molar-refractivity contribution in [1.29, 1.82) is 0 Å². The predicted molar refractivity (Wildman–Crippen MR) is 239 cm³/mol. The van der Waals surface area contributed by atoms with Crippen LogP contribution < -0.4 is 20.3 Å². The first kappa shape index (κ1) is 43.3. The zero-order chi connectivity index (χ0) is 46.4. The SMILES string of the molecule is O=C1CCC(N2Cc3cc(N4CC(CC5CC(C6(c7ncc(-c8cnc9[nH]cc(C(=O)c%10c(F)ccc(NS(=O)(=O)N%11CC[C@@H](F)C%11)c%10F)c9c8)cn7)CC6)CCN5)C4)ccc3C2=O)C(=O)N1. The number of halogens is 3. The number of aromatic amines is 1. The number of aromatic nitrogens is 4. The van der Waals surface area contributed by atoms with E-state index in [4.69, 9.17) is 9.97 Å². The van der Waals surface area contributed by atoms with E-state index in [1.807, 2.05) is 16.9 Å². The number of nitrogens with zero attached hydrogens (tertiary/aromatic N) is 6. The van der Waals surface area contributed by atoms with Crippen molar-refractivity contribution in [2.75, 3.05) is 42.3 Å². The fourth-order valence-electron chi connectivity index (χ4n) is 10.9. The normalized spacial score (nSPS) is 24.2. The largest absolute Gasteiger partial charge is 0.371 e. The number of benzene rings is 2. The number of fused-ring (bicyclic) bond motifs is 2. The van der Waals surface area contributed by atoms with Gasteiger partial charge in [-0.05, 0) is 105 Å². The average Bonchev–Trinajstić information content (AvgIpc) is 3.62. The number of imide groups is 1. The molecule has 20 heteroatoms. The number of amides is 3. The van der Waals surface area contributed by atoms with Gasteiger partial charge in [-0.3, -0.25) is 29.2 Å². The van der Waals surface area contributed by atoms with Crippen LogP contribution in [0.25, 0.3) is 22.2 Å². The summed E-state index contributed by atoms with van der Waals surface area (Å²) in [5.74, 6) is -2.79. The van der Waals surface area contributed by atoms with Crippen LogP contribution in [0.2, 0.25) is 0 Å². The van der Waals surface area contributed by atoms with Crippen LogP contribution in [0, 0.1) is 23.5 Å². The maximum atomic E-state index is 15.8. The lowest BCUT2D eigenvalue weighted by Gasteiger charge is -2.44. The van der Waals surface area contributed by atoms with Crippen molar-refractivity contribution in [1.82, 2.24) is 39.8 Å². The van der Waals surface area contributed by atoms with Gasteiger partial charge in [0.2, 0.25) is 17.6 Å². The first-order valence-corrected chi connectivity index (χ1v) is 24.2. The number of nitrogens with one attached hydrogen (secondary N) is 4. The zero-order valence-electron chi connectivity index (χ0n) is 36.2. The third kappa shape index (κ3) is 7.81. The Morgan fingerprint density at radius 3 is 2.48 bits per heavy atom. The number of carbonyl (C=O) groups is 4. The second-order valence-corrected chi connectivity index (χ2v) is 20.5. The predicted octanol–water partition coefficient (Wildman–Crippen LogP) is 4.92. The molecule has 11 rings (SSSR count). The van der Waals surface area contributed by atoms with Gasteiger partial charge in [0.1, 0.15) is 29.5 Å². The van der Waals surface area contributed by atoms with Crippen molar-refractivity contribution in [2.45, 2.75) is 81.6 Å². The number of carbonyl (C=O) groups excluding carboxylic acids is 4. The second-order valence-electron chi connectivity index (χ2n) is 18.9. The summed E-state index contributed by atoms with van der Waals surface area (Å²) in [4.78, 5) is 72.1. The topological polar surface area (TPSA) is 203 Å². The lowest BCUT2D eigenvalue weighted by atomic mass is 9.76. The molecule has 3 aromatic heterocycles. The Balaban J connectivity index is 0.727. The van der Waals surface area contributed by atoms with Crippen molar-refractivity contribution in [2.24, 2.45) is 11.8 Å². The first-order chi connectivity index (χ1) is 32.2. The first-order valence-electron chi connectivity index (χ1n) is 22.8. The summed E-state index contributed by atoms with van der Waals surface area (Å²) in [6, 6.07) is 8.97. The van der Waals surface area contributed by atoms with Gasteiger partial charge in [0.25, 0.3) is 5.91 Å². The number of pyridine rings is 1. The van der Waals surface area contributed by atoms with E-state index < -0.39 is 63.5 Å². The quantitative estimate of drug-likeness (QED) is 0.0978. The molecule has 0 bridgehead atoms. The van der Waals surface area contributed by atoms with Crippen molar-refractivity contribution < 1.29 is 40.8 Å². The highest BCUT2D eigenvalue weighted by Gasteiger charge is 2.54. The van der Waals surface area contributed by atoms with Gasteiger partial charge in [-0.2, -0.15) is 12.7 Å². The smallest absolute Gasteiger partial charge is 0.301 e. The molecule has 2 aromatic carbocycles. The summed E-state index contributed by atoms with van der Waals surface area (Å²) in [6.45, 7) is 2.58. The highest BCUT2D eigenvalue weighted by Crippen LogP contribution is 2.56. The molecule has 6 aliphatic rings. The van der Waals surface area contributed by atoms with Crippen molar-refractivity contribution in [3.8, 4) is 11.1 Å². The Morgan fingerprint density at radius 2 is 1.73 bits per heavy atom. The Bertz CT molecular complexity index is 2980. The molecule has 3 amide bonds. The fourth-order valence-corrected chi connectivity index (χ4v) is 12.2. The number of anilines is 2. The molecule has 8 heterocycles. The Hall–Kier alpha value is -6.25. The number of rotatable bonds is 12. The molecule has 16 nitrogen and oxygen atoms in total. The minimum absolute atomic E-state index is 0.00340. The third-order valence-electron chi connectivity index (χ3n) is 14.7. The molecule has 67 heavy (non-hydrogen) atoms. The maximum Gasteiger partial charge on any atom is 0.301 e. The van der Waals surface area contributed by atoms with Crippen LogP contribution in [0.15, 0.2) is 61.2 Å². The Morgan fingerprint density at radius 1 is 0.940 bits per heavy atom. The third-order valence-corrected chi connectivity index (χ3v) is 16.2. The summed E-state index contributed by atoms with van der Waals surface area (Å²) in [5, 5.41) is 6.41. The monoisotopic (exact) mass is 936 g/mol. The van der Waals surface area contributed by atoms with E-state index in [-0.39, 0.29) is 42.2 Å². The zero-order valence-corrected chi connectivity index (χ0v) is 37.1. The number of hydrogen-bond acceptors (Lipinski definition) is 11. The molecular weight excluding hydrogens is 890 g/mol. The molecule has 4 saturated heterocycles. The van der Waals surface area contributed by atoms with Crippen LogP contribution in [0.1, 0.15) is 89.0 Å². The van der Waals surface area contributed by atoms with Gasteiger partial charge in [0, 0.05) is 109 Å². The van der Waals surface area contributed by atoms with E-state index >= 15 is 8.78 Å². The molecule has 1 saturated carbocycles. The highest BCUT2D eigenvalue weighted by atomic mass is 32.2. The van der Waals surface area contributed by atoms with Crippen molar-refractivity contribution in [3.05, 3.63) is 101 Å². The second kappa shape index (κ2) is 16.5. The summed E-state index contributed by atoms with van der Waals surface area (Å²) in [6.07, 6.45) is 10.6. The van der Waals surface area contributed by atoms with Crippen LogP contribution in [-0.2, 0) is 31.8 Å². The fraction of sp³-hybridized carbons (Fsp3) is 0.426. The molecule has 0 radical (unpaired) electrons. The maximum absolute atomic E-state index is 15.8. The summed E-state index contributed by atoms with van der Waals surface area (Å²) < 4.78 is 73.3. The lowest BCUT2D eigenvalue weighted by molar-refractivity contribution is -0.136. The number of alkyl halides is 1. The molecule has 5 aromatic rings. The summed E-state index contributed by atoms with van der Waals surface area (Å²) in [5.41, 5.74) is 2.30. The van der Waals surface area contributed by atoms with E-state index in [0.29, 0.717) is 58.6 Å².